The van der Waals surface area contributed by atoms with E-state index in [0.717, 1.165) is 36.0 Å². The standard InChI is InChI=1S/C26H25FN4O2S/c27-22-12-3-4-13-23(22)31-24(29-30-26(31)34-17-19-9-6-16-33-19)14-15-28-25(32)21-11-5-8-18-7-1-2-10-20(18)21/h1-5,7-8,10-13,19H,6,9,14-17H2,(H,28,32). The molecule has 174 valence electrons. The van der Waals surface area contributed by atoms with E-state index in [4.69, 9.17) is 4.74 Å². The van der Waals surface area contributed by atoms with Crippen LogP contribution in [0, 0.1) is 5.82 Å². The van der Waals surface area contributed by atoms with Crippen molar-refractivity contribution in [1.29, 1.82) is 0 Å². The summed E-state index contributed by atoms with van der Waals surface area (Å²) in [5, 5.41) is 14.2. The van der Waals surface area contributed by atoms with Crippen molar-refractivity contribution in [2.24, 2.45) is 0 Å². The number of para-hydroxylation sites is 1. The number of carbonyl (C=O) groups excluding carboxylic acids is 1. The molecular weight excluding hydrogens is 451 g/mol. The molecule has 1 unspecified atom stereocenters. The Labute approximate surface area is 201 Å². The summed E-state index contributed by atoms with van der Waals surface area (Å²) in [6.45, 7) is 1.14. The molecular formula is C26H25FN4O2S. The SMILES string of the molecule is O=C(NCCc1nnc(SCC2CCCO2)n1-c1ccccc1F)c1cccc2ccccc12. The molecule has 0 bridgehead atoms. The van der Waals surface area contributed by atoms with Crippen molar-refractivity contribution in [1.82, 2.24) is 20.1 Å². The van der Waals surface area contributed by atoms with Gasteiger partial charge in [0.25, 0.3) is 5.91 Å². The van der Waals surface area contributed by atoms with Gasteiger partial charge in [-0.25, -0.2) is 4.39 Å². The average Bonchev–Trinajstić information content (AvgIpc) is 3.53. The highest BCUT2D eigenvalue weighted by Crippen LogP contribution is 2.27. The lowest BCUT2D eigenvalue weighted by molar-refractivity contribution is 0.0955. The first kappa shape index (κ1) is 22.6. The highest BCUT2D eigenvalue weighted by atomic mass is 32.2. The van der Waals surface area contributed by atoms with Crippen molar-refractivity contribution in [3.63, 3.8) is 0 Å². The molecule has 2 heterocycles. The number of hydrogen-bond donors (Lipinski definition) is 1. The first-order chi connectivity index (χ1) is 16.7. The van der Waals surface area contributed by atoms with Gasteiger partial charge in [-0.3, -0.25) is 9.36 Å². The normalized spacial score (nSPS) is 15.6. The quantitative estimate of drug-likeness (QED) is 0.370. The molecule has 0 spiro atoms. The summed E-state index contributed by atoms with van der Waals surface area (Å²) in [7, 11) is 0. The predicted molar refractivity (Wildman–Crippen MR) is 131 cm³/mol. The second-order valence-electron chi connectivity index (χ2n) is 8.16. The van der Waals surface area contributed by atoms with Crippen LogP contribution in [0.4, 0.5) is 4.39 Å². The van der Waals surface area contributed by atoms with Gasteiger partial charge in [0.2, 0.25) is 0 Å². The smallest absolute Gasteiger partial charge is 0.251 e. The van der Waals surface area contributed by atoms with Crippen LogP contribution in [0.25, 0.3) is 16.5 Å². The van der Waals surface area contributed by atoms with Gasteiger partial charge in [-0.05, 0) is 41.8 Å². The van der Waals surface area contributed by atoms with E-state index in [9.17, 15) is 9.18 Å². The minimum absolute atomic E-state index is 0.151. The van der Waals surface area contributed by atoms with Crippen molar-refractivity contribution >= 4 is 28.4 Å². The number of ether oxygens (including phenoxy) is 1. The van der Waals surface area contributed by atoms with Gasteiger partial charge >= 0.3 is 0 Å². The molecule has 0 radical (unpaired) electrons. The molecule has 1 N–H and O–H groups in total. The molecule has 34 heavy (non-hydrogen) atoms. The maximum atomic E-state index is 14.7. The van der Waals surface area contributed by atoms with Gasteiger partial charge in [-0.15, -0.1) is 10.2 Å². The van der Waals surface area contributed by atoms with Crippen LogP contribution in [0.1, 0.15) is 29.0 Å². The zero-order valence-corrected chi connectivity index (χ0v) is 19.4. The number of nitrogens with one attached hydrogen (secondary N) is 1. The lowest BCUT2D eigenvalue weighted by atomic mass is 10.0. The number of hydrogen-bond acceptors (Lipinski definition) is 5. The number of carbonyl (C=O) groups is 1. The zero-order chi connectivity index (χ0) is 23.3. The number of thioether (sulfide) groups is 1. The van der Waals surface area contributed by atoms with E-state index in [2.05, 4.69) is 15.5 Å². The van der Waals surface area contributed by atoms with Crippen LogP contribution < -0.4 is 5.32 Å². The maximum absolute atomic E-state index is 14.7. The molecule has 1 aromatic heterocycles. The fourth-order valence-electron chi connectivity index (χ4n) is 4.18. The summed E-state index contributed by atoms with van der Waals surface area (Å²) < 4.78 is 22.2. The zero-order valence-electron chi connectivity index (χ0n) is 18.6. The fourth-order valence-corrected chi connectivity index (χ4v) is 5.21. The molecule has 1 aliphatic heterocycles. The summed E-state index contributed by atoms with van der Waals surface area (Å²) >= 11 is 1.52. The van der Waals surface area contributed by atoms with Crippen LogP contribution in [0.15, 0.2) is 71.9 Å². The summed E-state index contributed by atoms with van der Waals surface area (Å²) in [5.41, 5.74) is 1.03. The Morgan fingerprint density at radius 2 is 1.91 bits per heavy atom. The Morgan fingerprint density at radius 1 is 1.09 bits per heavy atom. The van der Waals surface area contributed by atoms with Crippen LogP contribution >= 0.6 is 11.8 Å². The van der Waals surface area contributed by atoms with Gasteiger partial charge in [0.15, 0.2) is 5.16 Å². The highest BCUT2D eigenvalue weighted by Gasteiger charge is 2.21. The largest absolute Gasteiger partial charge is 0.377 e. The van der Waals surface area contributed by atoms with Crippen molar-refractivity contribution in [2.45, 2.75) is 30.5 Å². The molecule has 1 fully saturated rings. The van der Waals surface area contributed by atoms with Crippen molar-refractivity contribution in [2.75, 3.05) is 18.9 Å². The third kappa shape index (κ3) is 4.83. The Bertz CT molecular complexity index is 1300. The molecule has 8 heteroatoms. The number of halogens is 1. The van der Waals surface area contributed by atoms with Crippen LogP contribution in [0.5, 0.6) is 0 Å². The number of aromatic nitrogens is 3. The maximum Gasteiger partial charge on any atom is 0.251 e. The van der Waals surface area contributed by atoms with Crippen LogP contribution in [-0.2, 0) is 11.2 Å². The van der Waals surface area contributed by atoms with Crippen molar-refractivity contribution in [3.8, 4) is 5.69 Å². The average molecular weight is 477 g/mol. The van der Waals surface area contributed by atoms with Gasteiger partial charge in [-0.1, -0.05) is 60.3 Å². The molecule has 6 nitrogen and oxygen atoms in total. The molecule has 1 amide bonds. The summed E-state index contributed by atoms with van der Waals surface area (Å²) in [6, 6.07) is 20.1. The Hall–Kier alpha value is -3.23. The van der Waals surface area contributed by atoms with Crippen LogP contribution in [-0.4, -0.2) is 45.7 Å². The number of fused-ring (bicyclic) bond motifs is 1. The second kappa shape index (κ2) is 10.4. The highest BCUT2D eigenvalue weighted by molar-refractivity contribution is 7.99. The summed E-state index contributed by atoms with van der Waals surface area (Å²) in [4.78, 5) is 12.9. The second-order valence-corrected chi connectivity index (χ2v) is 9.15. The minimum Gasteiger partial charge on any atom is -0.377 e. The molecule has 4 aromatic rings. The van der Waals surface area contributed by atoms with E-state index in [-0.39, 0.29) is 17.8 Å². The lowest BCUT2D eigenvalue weighted by Gasteiger charge is -2.13. The fraction of sp³-hybridized carbons (Fsp3) is 0.269. The summed E-state index contributed by atoms with van der Waals surface area (Å²) in [5.74, 6) is 0.840. The third-order valence-corrected chi connectivity index (χ3v) is 6.95. The molecule has 0 aliphatic carbocycles. The molecule has 1 saturated heterocycles. The van der Waals surface area contributed by atoms with Crippen LogP contribution in [0.3, 0.4) is 0 Å². The first-order valence-electron chi connectivity index (χ1n) is 11.4. The van der Waals surface area contributed by atoms with E-state index >= 15 is 0 Å². The van der Waals surface area contributed by atoms with E-state index in [1.54, 1.807) is 22.8 Å². The lowest BCUT2D eigenvalue weighted by Crippen LogP contribution is -2.26. The molecule has 1 atom stereocenters. The Morgan fingerprint density at radius 3 is 2.76 bits per heavy atom. The number of rotatable bonds is 8. The number of amides is 1. The van der Waals surface area contributed by atoms with Crippen molar-refractivity contribution < 1.29 is 13.9 Å². The van der Waals surface area contributed by atoms with E-state index in [1.165, 1.54) is 17.8 Å². The van der Waals surface area contributed by atoms with Gasteiger partial charge in [0.1, 0.15) is 11.6 Å². The topological polar surface area (TPSA) is 69.0 Å². The predicted octanol–water partition coefficient (Wildman–Crippen LogP) is 4.80. The van der Waals surface area contributed by atoms with Gasteiger partial charge in [0.05, 0.1) is 11.8 Å². The molecule has 5 rings (SSSR count). The molecule has 3 aromatic carbocycles. The van der Waals surface area contributed by atoms with Crippen LogP contribution in [0.2, 0.25) is 0 Å². The van der Waals surface area contributed by atoms with Gasteiger partial charge in [0, 0.05) is 30.9 Å². The van der Waals surface area contributed by atoms with E-state index in [0.29, 0.717) is 35.2 Å². The first-order valence-corrected chi connectivity index (χ1v) is 12.4. The minimum atomic E-state index is -0.345. The van der Waals surface area contributed by atoms with E-state index < -0.39 is 0 Å². The third-order valence-electron chi connectivity index (χ3n) is 5.88. The number of nitrogens with zero attached hydrogens (tertiary/aromatic N) is 3. The monoisotopic (exact) mass is 476 g/mol. The Balaban J connectivity index is 1.33. The van der Waals surface area contributed by atoms with Gasteiger partial charge < -0.3 is 10.1 Å². The summed E-state index contributed by atoms with van der Waals surface area (Å²) in [6.07, 6.45) is 2.68. The van der Waals surface area contributed by atoms with Gasteiger partial charge in [-0.2, -0.15) is 0 Å². The number of benzene rings is 3. The molecule has 1 aliphatic rings. The van der Waals surface area contributed by atoms with Crippen molar-refractivity contribution in [3.05, 3.63) is 83.9 Å². The van der Waals surface area contributed by atoms with E-state index in [1.807, 2.05) is 42.5 Å². The molecule has 0 saturated carbocycles. The Kier molecular flexibility index (Phi) is 6.87.